The molecule has 138 valence electrons. The average molecular weight is 376 g/mol. The molecule has 1 fully saturated rings. The first-order valence-electron chi connectivity index (χ1n) is 8.51. The lowest BCUT2D eigenvalue weighted by molar-refractivity contribution is -0.132. The highest BCUT2D eigenvalue weighted by molar-refractivity contribution is 6.31. The minimum atomic E-state index is -0.304. The highest BCUT2D eigenvalue weighted by Gasteiger charge is 2.24. The Hall–Kier alpha value is -2.54. The van der Waals surface area contributed by atoms with Crippen molar-refractivity contribution < 1.29 is 9.59 Å². The molecule has 0 radical (unpaired) electrons. The van der Waals surface area contributed by atoms with E-state index in [1.54, 1.807) is 22.8 Å². The zero-order valence-corrected chi connectivity index (χ0v) is 15.6. The molecule has 1 aliphatic rings. The SMILES string of the molecule is Cc1cnn(Cc2ccccc2Cl)c1NC(=O)NC1CCC(=O)N(C)C1. The van der Waals surface area contributed by atoms with E-state index in [0.717, 1.165) is 11.1 Å². The van der Waals surface area contributed by atoms with Crippen LogP contribution in [0.3, 0.4) is 0 Å². The Morgan fingerprint density at radius 3 is 2.88 bits per heavy atom. The molecule has 8 heteroatoms. The number of likely N-dealkylation sites (tertiary alicyclic amines) is 1. The van der Waals surface area contributed by atoms with E-state index in [1.165, 1.54) is 0 Å². The van der Waals surface area contributed by atoms with E-state index in [2.05, 4.69) is 15.7 Å². The molecule has 2 N–H and O–H groups in total. The molecule has 1 unspecified atom stereocenters. The van der Waals surface area contributed by atoms with Gasteiger partial charge in [0.05, 0.1) is 12.7 Å². The minimum absolute atomic E-state index is 0.0575. The van der Waals surface area contributed by atoms with Crippen LogP contribution >= 0.6 is 11.6 Å². The number of hydrogen-bond acceptors (Lipinski definition) is 3. The second kappa shape index (κ2) is 7.78. The van der Waals surface area contributed by atoms with Crippen molar-refractivity contribution in [2.75, 3.05) is 18.9 Å². The van der Waals surface area contributed by atoms with Crippen LogP contribution in [0, 0.1) is 6.92 Å². The summed E-state index contributed by atoms with van der Waals surface area (Å²) >= 11 is 6.22. The maximum atomic E-state index is 12.4. The molecule has 1 aromatic carbocycles. The monoisotopic (exact) mass is 375 g/mol. The number of benzene rings is 1. The first-order valence-corrected chi connectivity index (χ1v) is 8.89. The fraction of sp³-hybridized carbons (Fsp3) is 0.389. The summed E-state index contributed by atoms with van der Waals surface area (Å²) in [6, 6.07) is 7.18. The third kappa shape index (κ3) is 4.16. The zero-order valence-electron chi connectivity index (χ0n) is 14.8. The van der Waals surface area contributed by atoms with Crippen molar-refractivity contribution >= 4 is 29.4 Å². The number of rotatable bonds is 4. The molecule has 3 rings (SSSR count). The number of nitrogens with zero attached hydrogens (tertiary/aromatic N) is 3. The van der Waals surface area contributed by atoms with Gasteiger partial charge < -0.3 is 10.2 Å². The molecule has 0 bridgehead atoms. The summed E-state index contributed by atoms with van der Waals surface area (Å²) in [7, 11) is 1.75. The van der Waals surface area contributed by atoms with Crippen molar-refractivity contribution in [3.05, 3.63) is 46.6 Å². The fourth-order valence-electron chi connectivity index (χ4n) is 3.01. The van der Waals surface area contributed by atoms with E-state index in [9.17, 15) is 9.59 Å². The zero-order chi connectivity index (χ0) is 18.7. The van der Waals surface area contributed by atoms with Crippen LogP contribution in [0.5, 0.6) is 0 Å². The first kappa shape index (κ1) is 18.3. The van der Waals surface area contributed by atoms with Gasteiger partial charge in [0, 0.05) is 36.6 Å². The third-order valence-corrected chi connectivity index (χ3v) is 4.86. The third-order valence-electron chi connectivity index (χ3n) is 4.49. The Kier molecular flexibility index (Phi) is 5.46. The lowest BCUT2D eigenvalue weighted by Crippen LogP contribution is -2.49. The van der Waals surface area contributed by atoms with Crippen LogP contribution in [0.2, 0.25) is 5.02 Å². The standard InChI is InChI=1S/C18H22ClN5O2/c1-12-9-20-24(10-13-5-3-4-6-15(13)19)17(12)22-18(26)21-14-7-8-16(25)23(2)11-14/h3-6,9,14H,7-8,10-11H2,1-2H3,(H2,21,22,26). The summed E-state index contributed by atoms with van der Waals surface area (Å²) in [5.74, 6) is 0.736. The largest absolute Gasteiger partial charge is 0.344 e. The lowest BCUT2D eigenvalue weighted by Gasteiger charge is -2.30. The maximum absolute atomic E-state index is 12.4. The van der Waals surface area contributed by atoms with Gasteiger partial charge in [-0.15, -0.1) is 0 Å². The van der Waals surface area contributed by atoms with Gasteiger partial charge in [-0.2, -0.15) is 5.10 Å². The van der Waals surface area contributed by atoms with Gasteiger partial charge in [0.15, 0.2) is 0 Å². The van der Waals surface area contributed by atoms with Crippen LogP contribution in [0.15, 0.2) is 30.5 Å². The molecule has 7 nitrogen and oxygen atoms in total. The van der Waals surface area contributed by atoms with Gasteiger partial charge in [0.2, 0.25) is 5.91 Å². The first-order chi connectivity index (χ1) is 12.4. The van der Waals surface area contributed by atoms with E-state index in [4.69, 9.17) is 11.6 Å². The van der Waals surface area contributed by atoms with Crippen molar-refractivity contribution in [1.29, 1.82) is 0 Å². The molecule has 1 atom stereocenters. The number of carbonyl (C=O) groups is 2. The van der Waals surface area contributed by atoms with Gasteiger partial charge in [-0.05, 0) is 25.0 Å². The van der Waals surface area contributed by atoms with Crippen LogP contribution in [-0.4, -0.2) is 46.3 Å². The predicted octanol–water partition coefficient (Wildman–Crippen LogP) is 2.64. The van der Waals surface area contributed by atoms with Crippen molar-refractivity contribution in [2.24, 2.45) is 0 Å². The highest BCUT2D eigenvalue weighted by Crippen LogP contribution is 2.20. The molecule has 3 amide bonds. The fourth-order valence-corrected chi connectivity index (χ4v) is 3.20. The number of halogens is 1. The maximum Gasteiger partial charge on any atom is 0.320 e. The van der Waals surface area contributed by atoms with Gasteiger partial charge >= 0.3 is 6.03 Å². The summed E-state index contributed by atoms with van der Waals surface area (Å²) in [6.45, 7) is 2.87. The van der Waals surface area contributed by atoms with Crippen LogP contribution in [0.25, 0.3) is 0 Å². The molecule has 2 aromatic rings. The van der Waals surface area contributed by atoms with Gasteiger partial charge in [-0.3, -0.25) is 10.1 Å². The molecular weight excluding hydrogens is 354 g/mol. The Morgan fingerprint density at radius 2 is 2.15 bits per heavy atom. The Bertz CT molecular complexity index is 820. The molecule has 26 heavy (non-hydrogen) atoms. The van der Waals surface area contributed by atoms with Crippen LogP contribution in [0.1, 0.15) is 24.0 Å². The molecule has 2 heterocycles. The molecule has 0 saturated carbocycles. The van der Waals surface area contributed by atoms with Crippen molar-refractivity contribution in [3.63, 3.8) is 0 Å². The molecule has 1 aliphatic heterocycles. The van der Waals surface area contributed by atoms with Gasteiger partial charge in [-0.1, -0.05) is 29.8 Å². The van der Waals surface area contributed by atoms with Crippen molar-refractivity contribution in [2.45, 2.75) is 32.4 Å². The summed E-state index contributed by atoms with van der Waals surface area (Å²) in [4.78, 5) is 25.6. The molecular formula is C18H22ClN5O2. The highest BCUT2D eigenvalue weighted by atomic mass is 35.5. The number of hydrogen-bond donors (Lipinski definition) is 2. The quantitative estimate of drug-likeness (QED) is 0.862. The summed E-state index contributed by atoms with van der Waals surface area (Å²) in [5.41, 5.74) is 1.79. The number of urea groups is 1. The number of piperidine rings is 1. The summed E-state index contributed by atoms with van der Waals surface area (Å²) < 4.78 is 1.71. The number of aryl methyl sites for hydroxylation is 1. The Morgan fingerprint density at radius 1 is 1.38 bits per heavy atom. The number of likely N-dealkylation sites (N-methyl/N-ethyl adjacent to an activating group) is 1. The number of aromatic nitrogens is 2. The molecule has 1 saturated heterocycles. The smallest absolute Gasteiger partial charge is 0.320 e. The van der Waals surface area contributed by atoms with E-state index >= 15 is 0 Å². The Labute approximate surface area is 157 Å². The summed E-state index contributed by atoms with van der Waals surface area (Å²) in [6.07, 6.45) is 2.80. The number of carbonyl (C=O) groups excluding carboxylic acids is 2. The average Bonchev–Trinajstić information content (AvgIpc) is 2.93. The lowest BCUT2D eigenvalue weighted by atomic mass is 10.1. The molecule has 0 spiro atoms. The van der Waals surface area contributed by atoms with E-state index in [0.29, 0.717) is 36.8 Å². The second-order valence-corrected chi connectivity index (χ2v) is 6.94. The van der Waals surface area contributed by atoms with E-state index in [1.807, 2.05) is 31.2 Å². The molecule has 1 aromatic heterocycles. The van der Waals surface area contributed by atoms with Crippen molar-refractivity contribution in [3.8, 4) is 0 Å². The topological polar surface area (TPSA) is 79.3 Å². The van der Waals surface area contributed by atoms with E-state index in [-0.39, 0.29) is 18.0 Å². The summed E-state index contributed by atoms with van der Waals surface area (Å²) in [5, 5.41) is 10.8. The van der Waals surface area contributed by atoms with E-state index < -0.39 is 0 Å². The van der Waals surface area contributed by atoms with Crippen molar-refractivity contribution in [1.82, 2.24) is 20.0 Å². The predicted molar refractivity (Wildman–Crippen MR) is 100 cm³/mol. The van der Waals surface area contributed by atoms with Gasteiger partial charge in [-0.25, -0.2) is 9.48 Å². The van der Waals surface area contributed by atoms with Crippen LogP contribution in [-0.2, 0) is 11.3 Å². The Balaban J connectivity index is 1.66. The number of nitrogens with one attached hydrogen (secondary N) is 2. The number of anilines is 1. The second-order valence-electron chi connectivity index (χ2n) is 6.53. The van der Waals surface area contributed by atoms with Gasteiger partial charge in [0.1, 0.15) is 5.82 Å². The normalized spacial score (nSPS) is 17.3. The van der Waals surface area contributed by atoms with Gasteiger partial charge in [0.25, 0.3) is 0 Å². The van der Waals surface area contributed by atoms with Crippen LogP contribution < -0.4 is 10.6 Å². The van der Waals surface area contributed by atoms with Crippen LogP contribution in [0.4, 0.5) is 10.6 Å². The minimum Gasteiger partial charge on any atom is -0.344 e. The molecule has 0 aliphatic carbocycles. The number of amides is 3.